The highest BCUT2D eigenvalue weighted by atomic mass is 19.1. The summed E-state index contributed by atoms with van der Waals surface area (Å²) in [6.45, 7) is 2.08. The van der Waals surface area contributed by atoms with Crippen molar-refractivity contribution in [3.05, 3.63) is 89.7 Å². The van der Waals surface area contributed by atoms with Gasteiger partial charge in [-0.3, -0.25) is 9.59 Å². The maximum Gasteiger partial charge on any atom is 0.229 e. The van der Waals surface area contributed by atoms with Crippen LogP contribution in [-0.4, -0.2) is 18.9 Å². The Balaban J connectivity index is 1.69. The van der Waals surface area contributed by atoms with E-state index in [-0.39, 0.29) is 24.1 Å². The van der Waals surface area contributed by atoms with Gasteiger partial charge < -0.3 is 15.0 Å². The van der Waals surface area contributed by atoms with Crippen LogP contribution in [0.5, 0.6) is 5.75 Å². The van der Waals surface area contributed by atoms with Crippen molar-refractivity contribution in [1.82, 2.24) is 0 Å². The number of halogens is 1. The molecular formula is C27H27FN2O3. The monoisotopic (exact) mass is 446 g/mol. The zero-order valence-electron chi connectivity index (χ0n) is 18.8. The molecule has 1 aliphatic heterocycles. The number of carbonyl (C=O) groups excluding carboxylic acids is 2. The summed E-state index contributed by atoms with van der Waals surface area (Å²) in [6.07, 6.45) is 1.57. The smallest absolute Gasteiger partial charge is 0.229 e. The fraction of sp³-hybridized carbons (Fsp3) is 0.259. The van der Waals surface area contributed by atoms with Gasteiger partial charge in [0, 0.05) is 17.8 Å². The van der Waals surface area contributed by atoms with Gasteiger partial charge in [0.15, 0.2) is 0 Å². The first-order valence-electron chi connectivity index (χ1n) is 11.1. The number of nitrogens with zero attached hydrogens (tertiary/aromatic N) is 1. The van der Waals surface area contributed by atoms with Crippen molar-refractivity contribution >= 4 is 23.2 Å². The summed E-state index contributed by atoms with van der Waals surface area (Å²) in [5.41, 5.74) is 3.27. The van der Waals surface area contributed by atoms with E-state index in [9.17, 15) is 14.0 Å². The van der Waals surface area contributed by atoms with Crippen molar-refractivity contribution in [2.24, 2.45) is 5.92 Å². The van der Waals surface area contributed by atoms with Crippen LogP contribution in [0.1, 0.15) is 36.9 Å². The molecule has 0 saturated carbocycles. The summed E-state index contributed by atoms with van der Waals surface area (Å²) in [6, 6.07) is 20.4. The molecule has 0 bridgehead atoms. The van der Waals surface area contributed by atoms with Crippen LogP contribution < -0.4 is 15.0 Å². The lowest BCUT2D eigenvalue weighted by Crippen LogP contribution is -2.47. The number of benzene rings is 3. The first kappa shape index (κ1) is 22.5. The average molecular weight is 447 g/mol. The van der Waals surface area contributed by atoms with Crippen molar-refractivity contribution in [2.45, 2.75) is 32.2 Å². The van der Waals surface area contributed by atoms with Crippen LogP contribution in [0.3, 0.4) is 0 Å². The standard InChI is InChI=1S/C27H27FN2O3/c1-3-18-4-10-21(11-5-18)29-27(32)24-16-17-25(31)30(22-12-14-23(33-2)15-13-22)26(24)19-6-8-20(28)9-7-19/h4-15,24,26H,3,16-17H2,1-2H3,(H,29,32). The van der Waals surface area contributed by atoms with E-state index in [4.69, 9.17) is 4.74 Å². The molecule has 1 N–H and O–H groups in total. The molecule has 2 amide bonds. The number of rotatable bonds is 6. The lowest BCUT2D eigenvalue weighted by Gasteiger charge is -2.41. The largest absolute Gasteiger partial charge is 0.497 e. The first-order valence-corrected chi connectivity index (χ1v) is 11.1. The van der Waals surface area contributed by atoms with Crippen LogP contribution in [0.4, 0.5) is 15.8 Å². The molecule has 1 saturated heterocycles. The summed E-state index contributed by atoms with van der Waals surface area (Å²) >= 11 is 0. The van der Waals surface area contributed by atoms with Crippen LogP contribution in [-0.2, 0) is 16.0 Å². The fourth-order valence-electron chi connectivity index (χ4n) is 4.31. The SMILES string of the molecule is CCc1ccc(NC(=O)C2CCC(=O)N(c3ccc(OC)cc3)C2c2ccc(F)cc2)cc1. The van der Waals surface area contributed by atoms with Gasteiger partial charge in [0.1, 0.15) is 11.6 Å². The van der Waals surface area contributed by atoms with Gasteiger partial charge in [0.05, 0.1) is 19.1 Å². The van der Waals surface area contributed by atoms with Gasteiger partial charge in [-0.25, -0.2) is 4.39 Å². The van der Waals surface area contributed by atoms with Gasteiger partial charge in [0.2, 0.25) is 11.8 Å². The van der Waals surface area contributed by atoms with Gasteiger partial charge in [0.25, 0.3) is 0 Å². The Labute approximate surface area is 193 Å². The second-order valence-corrected chi connectivity index (χ2v) is 8.14. The molecule has 4 rings (SSSR count). The number of amides is 2. The van der Waals surface area contributed by atoms with Crippen molar-refractivity contribution < 1.29 is 18.7 Å². The average Bonchev–Trinajstić information content (AvgIpc) is 2.85. The lowest BCUT2D eigenvalue weighted by molar-refractivity contribution is -0.125. The number of nitrogens with one attached hydrogen (secondary N) is 1. The minimum atomic E-state index is -0.560. The predicted octanol–water partition coefficient (Wildman–Crippen LogP) is 5.52. The van der Waals surface area contributed by atoms with E-state index in [1.165, 1.54) is 17.7 Å². The predicted molar refractivity (Wildman–Crippen MR) is 127 cm³/mol. The second-order valence-electron chi connectivity index (χ2n) is 8.14. The quantitative estimate of drug-likeness (QED) is 0.542. The first-order chi connectivity index (χ1) is 16.0. The van der Waals surface area contributed by atoms with Gasteiger partial charge in [-0.1, -0.05) is 31.2 Å². The Hall–Kier alpha value is -3.67. The minimum Gasteiger partial charge on any atom is -0.497 e. The van der Waals surface area contributed by atoms with Crippen molar-refractivity contribution in [3.8, 4) is 5.75 Å². The van der Waals surface area contributed by atoms with E-state index < -0.39 is 12.0 Å². The highest BCUT2D eigenvalue weighted by Crippen LogP contribution is 2.41. The summed E-state index contributed by atoms with van der Waals surface area (Å²) in [7, 11) is 1.58. The number of methoxy groups -OCH3 is 1. The van der Waals surface area contributed by atoms with E-state index in [0.29, 0.717) is 29.1 Å². The maximum absolute atomic E-state index is 13.7. The van der Waals surface area contributed by atoms with E-state index in [1.807, 2.05) is 24.3 Å². The summed E-state index contributed by atoms with van der Waals surface area (Å²) in [4.78, 5) is 28.2. The summed E-state index contributed by atoms with van der Waals surface area (Å²) < 4.78 is 18.9. The molecule has 0 aromatic heterocycles. The Morgan fingerprint density at radius 3 is 2.30 bits per heavy atom. The van der Waals surface area contributed by atoms with Gasteiger partial charge in [-0.2, -0.15) is 0 Å². The van der Waals surface area contributed by atoms with Crippen LogP contribution in [0, 0.1) is 11.7 Å². The highest BCUT2D eigenvalue weighted by molar-refractivity contribution is 6.00. The second kappa shape index (κ2) is 9.86. The van der Waals surface area contributed by atoms with Crippen LogP contribution in [0.2, 0.25) is 0 Å². The van der Waals surface area contributed by atoms with Crippen molar-refractivity contribution in [3.63, 3.8) is 0 Å². The molecular weight excluding hydrogens is 419 g/mol. The molecule has 0 spiro atoms. The third-order valence-corrected chi connectivity index (χ3v) is 6.13. The molecule has 1 heterocycles. The number of ether oxygens (including phenoxy) is 1. The van der Waals surface area contributed by atoms with Crippen LogP contribution in [0.25, 0.3) is 0 Å². The van der Waals surface area contributed by atoms with E-state index in [2.05, 4.69) is 12.2 Å². The molecule has 1 aliphatic rings. The molecule has 3 aromatic rings. The molecule has 0 aliphatic carbocycles. The number of carbonyl (C=O) groups is 2. The highest BCUT2D eigenvalue weighted by Gasteiger charge is 2.41. The molecule has 33 heavy (non-hydrogen) atoms. The fourth-order valence-corrected chi connectivity index (χ4v) is 4.31. The van der Waals surface area contributed by atoms with Crippen LogP contribution >= 0.6 is 0 Å². The third kappa shape index (κ3) is 4.90. The number of anilines is 2. The Bertz CT molecular complexity index is 1110. The molecule has 0 radical (unpaired) electrons. The molecule has 1 fully saturated rings. The van der Waals surface area contributed by atoms with Gasteiger partial charge in [-0.15, -0.1) is 0 Å². The number of hydrogen-bond donors (Lipinski definition) is 1. The number of aryl methyl sites for hydroxylation is 1. The lowest BCUT2D eigenvalue weighted by atomic mass is 9.83. The van der Waals surface area contributed by atoms with Crippen molar-refractivity contribution in [2.75, 3.05) is 17.3 Å². The van der Waals surface area contributed by atoms with E-state index >= 15 is 0 Å². The van der Waals surface area contributed by atoms with Crippen molar-refractivity contribution in [1.29, 1.82) is 0 Å². The molecule has 2 unspecified atom stereocenters. The molecule has 5 nitrogen and oxygen atoms in total. The number of hydrogen-bond acceptors (Lipinski definition) is 3. The zero-order valence-corrected chi connectivity index (χ0v) is 18.8. The zero-order chi connectivity index (χ0) is 23.4. The Morgan fingerprint density at radius 1 is 1.03 bits per heavy atom. The van der Waals surface area contributed by atoms with Crippen LogP contribution in [0.15, 0.2) is 72.8 Å². The normalized spacial score (nSPS) is 18.2. The molecule has 170 valence electrons. The summed E-state index contributed by atoms with van der Waals surface area (Å²) in [5.74, 6) is -0.438. The Morgan fingerprint density at radius 2 is 1.70 bits per heavy atom. The van der Waals surface area contributed by atoms with E-state index in [0.717, 1.165) is 6.42 Å². The molecule has 2 atom stereocenters. The molecule has 3 aromatic carbocycles. The number of piperidine rings is 1. The van der Waals surface area contributed by atoms with E-state index in [1.54, 1.807) is 48.4 Å². The van der Waals surface area contributed by atoms with Gasteiger partial charge in [-0.05, 0) is 72.5 Å². The topological polar surface area (TPSA) is 58.6 Å². The van der Waals surface area contributed by atoms with Gasteiger partial charge >= 0.3 is 0 Å². The molecule has 6 heteroatoms. The minimum absolute atomic E-state index is 0.0779. The third-order valence-electron chi connectivity index (χ3n) is 6.13. The summed E-state index contributed by atoms with van der Waals surface area (Å²) in [5, 5.41) is 3.01. The maximum atomic E-state index is 13.7. The Kier molecular flexibility index (Phi) is 6.73.